The molecule has 1 aliphatic carbocycles. The van der Waals surface area contributed by atoms with Crippen LogP contribution in [0.3, 0.4) is 0 Å². The van der Waals surface area contributed by atoms with Crippen LogP contribution in [0, 0.1) is 11.8 Å². The largest absolute Gasteiger partial charge is 0.308 e. The summed E-state index contributed by atoms with van der Waals surface area (Å²) in [4.78, 5) is 0. The van der Waals surface area contributed by atoms with E-state index in [9.17, 15) is 0 Å². The Labute approximate surface area is 121 Å². The van der Waals surface area contributed by atoms with Crippen LogP contribution in [0.2, 0.25) is 0 Å². The van der Waals surface area contributed by atoms with Crippen LogP contribution in [-0.2, 0) is 13.6 Å². The summed E-state index contributed by atoms with van der Waals surface area (Å²) in [5.74, 6) is 1.69. The Kier molecular flexibility index (Phi) is 3.79. The SMILES string of the molecule is CC1CC(C)CC(NCc2nn(C)c3ccccc23)C1. The highest BCUT2D eigenvalue weighted by atomic mass is 15.3. The van der Waals surface area contributed by atoms with E-state index in [2.05, 4.69) is 48.5 Å². The van der Waals surface area contributed by atoms with Crippen molar-refractivity contribution in [3.8, 4) is 0 Å². The Hall–Kier alpha value is -1.35. The Bertz CT molecular complexity index is 577. The van der Waals surface area contributed by atoms with E-state index in [1.807, 2.05) is 11.7 Å². The number of fused-ring (bicyclic) bond motifs is 1. The number of aromatic nitrogens is 2. The third-order valence-electron chi connectivity index (χ3n) is 4.57. The summed E-state index contributed by atoms with van der Waals surface area (Å²) in [7, 11) is 2.02. The van der Waals surface area contributed by atoms with Gasteiger partial charge in [0.15, 0.2) is 0 Å². The first-order valence-corrected chi connectivity index (χ1v) is 7.77. The summed E-state index contributed by atoms with van der Waals surface area (Å²) in [5.41, 5.74) is 2.39. The van der Waals surface area contributed by atoms with Crippen molar-refractivity contribution in [1.29, 1.82) is 0 Å². The molecule has 0 radical (unpaired) electrons. The number of nitrogens with one attached hydrogen (secondary N) is 1. The smallest absolute Gasteiger partial charge is 0.0841 e. The number of hydrogen-bond acceptors (Lipinski definition) is 2. The molecular weight excluding hydrogens is 246 g/mol. The number of rotatable bonds is 3. The third-order valence-corrected chi connectivity index (χ3v) is 4.57. The molecule has 1 fully saturated rings. The minimum atomic E-state index is 0.648. The van der Waals surface area contributed by atoms with Crippen molar-refractivity contribution in [3.05, 3.63) is 30.0 Å². The molecule has 3 nitrogen and oxygen atoms in total. The van der Waals surface area contributed by atoms with E-state index in [1.165, 1.54) is 35.9 Å². The standard InChI is InChI=1S/C17H25N3/c1-12-8-13(2)10-14(9-12)18-11-16-15-6-4-5-7-17(15)20(3)19-16/h4-7,12-14,18H,8-11H2,1-3H3. The first-order valence-electron chi connectivity index (χ1n) is 7.77. The van der Waals surface area contributed by atoms with Crippen LogP contribution in [0.25, 0.3) is 10.9 Å². The monoisotopic (exact) mass is 271 g/mol. The molecule has 20 heavy (non-hydrogen) atoms. The predicted octanol–water partition coefficient (Wildman–Crippen LogP) is 3.49. The molecular formula is C17H25N3. The number of para-hydroxylation sites is 1. The number of benzene rings is 1. The van der Waals surface area contributed by atoms with Gasteiger partial charge < -0.3 is 5.32 Å². The van der Waals surface area contributed by atoms with Crippen LogP contribution >= 0.6 is 0 Å². The van der Waals surface area contributed by atoms with Gasteiger partial charge in [-0.1, -0.05) is 32.0 Å². The molecule has 2 aromatic rings. The van der Waals surface area contributed by atoms with Crippen molar-refractivity contribution in [2.24, 2.45) is 18.9 Å². The van der Waals surface area contributed by atoms with Crippen LogP contribution in [0.15, 0.2) is 24.3 Å². The summed E-state index contributed by atoms with van der Waals surface area (Å²) in [6.07, 6.45) is 3.98. The van der Waals surface area contributed by atoms with Gasteiger partial charge in [-0.3, -0.25) is 4.68 Å². The van der Waals surface area contributed by atoms with E-state index >= 15 is 0 Å². The van der Waals surface area contributed by atoms with Gasteiger partial charge in [0, 0.05) is 25.0 Å². The molecule has 0 amide bonds. The minimum Gasteiger partial charge on any atom is -0.308 e. The molecule has 3 rings (SSSR count). The van der Waals surface area contributed by atoms with Crippen LogP contribution in [0.5, 0.6) is 0 Å². The molecule has 1 aromatic heterocycles. The fraction of sp³-hybridized carbons (Fsp3) is 0.588. The van der Waals surface area contributed by atoms with Crippen LogP contribution in [0.1, 0.15) is 38.8 Å². The van der Waals surface area contributed by atoms with Crippen LogP contribution in [-0.4, -0.2) is 15.8 Å². The fourth-order valence-electron chi connectivity index (χ4n) is 3.77. The molecule has 1 heterocycles. The van der Waals surface area contributed by atoms with Crippen LogP contribution < -0.4 is 5.32 Å². The molecule has 108 valence electrons. The maximum Gasteiger partial charge on any atom is 0.0841 e. The first kappa shape index (κ1) is 13.6. The zero-order chi connectivity index (χ0) is 14.1. The highest BCUT2D eigenvalue weighted by molar-refractivity contribution is 5.81. The molecule has 1 saturated carbocycles. The molecule has 0 saturated heterocycles. The topological polar surface area (TPSA) is 29.9 Å². The van der Waals surface area contributed by atoms with Crippen LogP contribution in [0.4, 0.5) is 0 Å². The van der Waals surface area contributed by atoms with Crippen molar-refractivity contribution < 1.29 is 0 Å². The maximum atomic E-state index is 4.67. The van der Waals surface area contributed by atoms with Crippen molar-refractivity contribution in [2.75, 3.05) is 0 Å². The molecule has 2 atom stereocenters. The lowest BCUT2D eigenvalue weighted by Gasteiger charge is -2.32. The summed E-state index contributed by atoms with van der Waals surface area (Å²) in [6, 6.07) is 9.13. The van der Waals surface area contributed by atoms with Gasteiger partial charge in [0.25, 0.3) is 0 Å². The van der Waals surface area contributed by atoms with E-state index in [-0.39, 0.29) is 0 Å². The highest BCUT2D eigenvalue weighted by Crippen LogP contribution is 2.28. The van der Waals surface area contributed by atoms with E-state index in [0.29, 0.717) is 6.04 Å². The molecule has 0 bridgehead atoms. The Morgan fingerprint density at radius 3 is 2.60 bits per heavy atom. The predicted molar refractivity (Wildman–Crippen MR) is 83.5 cm³/mol. The van der Waals surface area contributed by atoms with Gasteiger partial charge in [-0.05, 0) is 37.2 Å². The lowest BCUT2D eigenvalue weighted by Crippen LogP contribution is -2.36. The van der Waals surface area contributed by atoms with Gasteiger partial charge in [-0.2, -0.15) is 5.10 Å². The molecule has 1 N–H and O–H groups in total. The third kappa shape index (κ3) is 2.73. The van der Waals surface area contributed by atoms with E-state index in [4.69, 9.17) is 0 Å². The second-order valence-corrected chi connectivity index (χ2v) is 6.58. The normalized spacial score (nSPS) is 27.1. The summed E-state index contributed by atoms with van der Waals surface area (Å²) >= 11 is 0. The highest BCUT2D eigenvalue weighted by Gasteiger charge is 2.23. The van der Waals surface area contributed by atoms with Gasteiger partial charge >= 0.3 is 0 Å². The lowest BCUT2D eigenvalue weighted by atomic mass is 9.80. The second-order valence-electron chi connectivity index (χ2n) is 6.58. The molecule has 0 aliphatic heterocycles. The fourth-order valence-corrected chi connectivity index (χ4v) is 3.77. The van der Waals surface area contributed by atoms with E-state index < -0.39 is 0 Å². The van der Waals surface area contributed by atoms with Crippen molar-refractivity contribution in [1.82, 2.24) is 15.1 Å². The van der Waals surface area contributed by atoms with Gasteiger partial charge in [-0.15, -0.1) is 0 Å². The van der Waals surface area contributed by atoms with E-state index in [1.54, 1.807) is 0 Å². The van der Waals surface area contributed by atoms with E-state index in [0.717, 1.165) is 18.4 Å². The van der Waals surface area contributed by atoms with Crippen molar-refractivity contribution in [3.63, 3.8) is 0 Å². The Morgan fingerprint density at radius 1 is 1.15 bits per heavy atom. The van der Waals surface area contributed by atoms with Crippen molar-refractivity contribution >= 4 is 10.9 Å². The van der Waals surface area contributed by atoms with Gasteiger partial charge in [0.05, 0.1) is 11.2 Å². The quantitative estimate of drug-likeness (QED) is 0.926. The average Bonchev–Trinajstić information content (AvgIpc) is 2.73. The van der Waals surface area contributed by atoms with Gasteiger partial charge in [-0.25, -0.2) is 0 Å². The lowest BCUT2D eigenvalue weighted by molar-refractivity contribution is 0.238. The maximum absolute atomic E-state index is 4.67. The Morgan fingerprint density at radius 2 is 1.85 bits per heavy atom. The van der Waals surface area contributed by atoms with Crippen molar-refractivity contribution in [2.45, 2.75) is 45.7 Å². The summed E-state index contributed by atoms with van der Waals surface area (Å²) in [6.45, 7) is 5.63. The molecule has 2 unspecified atom stereocenters. The van der Waals surface area contributed by atoms with Gasteiger partial charge in [0.1, 0.15) is 0 Å². The molecule has 0 spiro atoms. The first-order chi connectivity index (χ1) is 9.63. The second kappa shape index (κ2) is 5.57. The zero-order valence-electron chi connectivity index (χ0n) is 12.8. The molecule has 1 aromatic carbocycles. The summed E-state index contributed by atoms with van der Waals surface area (Å²) < 4.78 is 1.98. The average molecular weight is 271 g/mol. The number of hydrogen-bond donors (Lipinski definition) is 1. The summed E-state index contributed by atoms with van der Waals surface area (Å²) in [5, 5.41) is 9.67. The number of aryl methyl sites for hydroxylation is 1. The minimum absolute atomic E-state index is 0.648. The zero-order valence-corrected chi connectivity index (χ0v) is 12.8. The molecule has 3 heteroatoms. The van der Waals surface area contributed by atoms with Gasteiger partial charge in [0.2, 0.25) is 0 Å². The molecule has 1 aliphatic rings. The number of nitrogens with zero attached hydrogens (tertiary/aromatic N) is 2. The Balaban J connectivity index is 1.71.